The number of carbonyl (C=O) groups is 1. The highest BCUT2D eigenvalue weighted by atomic mass is 16.2. The smallest absolute Gasteiger partial charge is 0.248 e. The molecule has 3 aromatic rings. The Balaban J connectivity index is 1.37. The van der Waals surface area contributed by atoms with Crippen molar-refractivity contribution in [3.8, 4) is 0 Å². The molecule has 0 fully saturated rings. The van der Waals surface area contributed by atoms with E-state index in [0.717, 1.165) is 43.7 Å². The molecule has 1 aliphatic rings. The molecule has 0 spiro atoms. The number of fused-ring (bicyclic) bond motifs is 1. The third-order valence-corrected chi connectivity index (χ3v) is 4.79. The van der Waals surface area contributed by atoms with Crippen molar-refractivity contribution in [2.45, 2.75) is 32.2 Å². The Kier molecular flexibility index (Phi) is 4.73. The van der Waals surface area contributed by atoms with Gasteiger partial charge in [0.2, 0.25) is 5.91 Å². The highest BCUT2D eigenvalue weighted by Gasteiger charge is 2.25. The van der Waals surface area contributed by atoms with Crippen molar-refractivity contribution in [1.82, 2.24) is 20.2 Å². The quantitative estimate of drug-likeness (QED) is 0.687. The van der Waals surface area contributed by atoms with Gasteiger partial charge in [-0.25, -0.2) is 4.68 Å². The molecule has 132 valence electrons. The van der Waals surface area contributed by atoms with Crippen LogP contribution in [0.3, 0.4) is 0 Å². The fourth-order valence-electron chi connectivity index (χ4n) is 3.43. The number of aromatic nitrogens is 4. The molecule has 0 bridgehead atoms. The van der Waals surface area contributed by atoms with Crippen molar-refractivity contribution in [2.24, 2.45) is 0 Å². The summed E-state index contributed by atoms with van der Waals surface area (Å²) >= 11 is 0. The molecule has 6 nitrogen and oxygen atoms in total. The predicted octanol–water partition coefficient (Wildman–Crippen LogP) is 2.44. The van der Waals surface area contributed by atoms with Crippen LogP contribution in [-0.2, 0) is 30.6 Å². The summed E-state index contributed by atoms with van der Waals surface area (Å²) in [6.07, 6.45) is 3.58. The lowest BCUT2D eigenvalue weighted by atomic mass is 10.1. The number of rotatable bonds is 6. The summed E-state index contributed by atoms with van der Waals surface area (Å²) in [6, 6.07) is 18.4. The molecule has 0 N–H and O–H groups in total. The Morgan fingerprint density at radius 1 is 1.00 bits per heavy atom. The van der Waals surface area contributed by atoms with Gasteiger partial charge in [-0.3, -0.25) is 4.79 Å². The summed E-state index contributed by atoms with van der Waals surface area (Å²) < 4.78 is 1.63. The number of tetrazole rings is 1. The lowest BCUT2D eigenvalue weighted by molar-refractivity contribution is -0.119. The first-order chi connectivity index (χ1) is 12.8. The average Bonchev–Trinajstić information content (AvgIpc) is 3.29. The molecule has 2 heterocycles. The Bertz CT molecular complexity index is 890. The molecule has 1 aliphatic heterocycles. The lowest BCUT2D eigenvalue weighted by Gasteiger charge is -2.17. The second-order valence-corrected chi connectivity index (χ2v) is 6.52. The summed E-state index contributed by atoms with van der Waals surface area (Å²) in [4.78, 5) is 14.6. The van der Waals surface area contributed by atoms with Crippen molar-refractivity contribution < 1.29 is 4.79 Å². The summed E-state index contributed by atoms with van der Waals surface area (Å²) in [5.74, 6) is 0.799. The molecule has 0 aliphatic carbocycles. The van der Waals surface area contributed by atoms with Gasteiger partial charge < -0.3 is 4.90 Å². The summed E-state index contributed by atoms with van der Waals surface area (Å²) in [5, 5.41) is 11.9. The van der Waals surface area contributed by atoms with E-state index in [1.165, 1.54) is 11.1 Å². The van der Waals surface area contributed by atoms with Crippen LogP contribution in [0.1, 0.15) is 23.4 Å². The van der Waals surface area contributed by atoms with Crippen LogP contribution >= 0.6 is 0 Å². The van der Waals surface area contributed by atoms with Gasteiger partial charge in [-0.15, -0.1) is 5.10 Å². The van der Waals surface area contributed by atoms with Crippen LogP contribution in [0.2, 0.25) is 0 Å². The van der Waals surface area contributed by atoms with Crippen LogP contribution in [-0.4, -0.2) is 32.7 Å². The van der Waals surface area contributed by atoms with Crippen LogP contribution in [0.25, 0.3) is 0 Å². The molecule has 2 aromatic carbocycles. The van der Waals surface area contributed by atoms with Crippen LogP contribution in [0, 0.1) is 0 Å². The normalized spacial score (nSPS) is 13.0. The molecule has 0 unspecified atom stereocenters. The standard InChI is InChI=1S/C20H21N5O/c26-20(24-14-13-17-10-4-5-11-18(17)24)15-25-19(21-22-23-25)12-6-9-16-7-2-1-3-8-16/h1-5,7-8,10-11H,6,9,12-15H2. The highest BCUT2D eigenvalue weighted by Crippen LogP contribution is 2.27. The molecule has 0 saturated carbocycles. The zero-order valence-electron chi connectivity index (χ0n) is 14.6. The van der Waals surface area contributed by atoms with E-state index in [1.54, 1.807) is 4.68 Å². The maximum Gasteiger partial charge on any atom is 0.248 e. The first-order valence-corrected chi connectivity index (χ1v) is 8.98. The molecular weight excluding hydrogens is 326 g/mol. The summed E-state index contributed by atoms with van der Waals surface area (Å²) in [7, 11) is 0. The Labute approximate surface area is 152 Å². The Morgan fingerprint density at radius 3 is 2.69 bits per heavy atom. The number of aryl methyl sites for hydroxylation is 2. The van der Waals surface area contributed by atoms with E-state index in [9.17, 15) is 4.79 Å². The number of hydrogen-bond acceptors (Lipinski definition) is 4. The first-order valence-electron chi connectivity index (χ1n) is 8.98. The third-order valence-electron chi connectivity index (χ3n) is 4.79. The number of anilines is 1. The zero-order valence-corrected chi connectivity index (χ0v) is 14.6. The largest absolute Gasteiger partial charge is 0.310 e. The van der Waals surface area contributed by atoms with Crippen LogP contribution < -0.4 is 4.90 Å². The van der Waals surface area contributed by atoms with E-state index < -0.39 is 0 Å². The van der Waals surface area contributed by atoms with Crippen molar-refractivity contribution in [1.29, 1.82) is 0 Å². The molecule has 0 radical (unpaired) electrons. The monoisotopic (exact) mass is 347 g/mol. The molecule has 4 rings (SSSR count). The number of nitrogens with zero attached hydrogens (tertiary/aromatic N) is 5. The van der Waals surface area contributed by atoms with Crippen LogP contribution in [0.4, 0.5) is 5.69 Å². The minimum absolute atomic E-state index is 0.0339. The molecule has 0 atom stereocenters. The van der Waals surface area contributed by atoms with E-state index in [0.29, 0.717) is 0 Å². The molecule has 0 saturated heterocycles. The number of benzene rings is 2. The topological polar surface area (TPSA) is 63.9 Å². The minimum atomic E-state index is 0.0339. The van der Waals surface area contributed by atoms with Crippen molar-refractivity contribution >= 4 is 11.6 Å². The van der Waals surface area contributed by atoms with Gasteiger partial charge in [0.1, 0.15) is 6.54 Å². The van der Waals surface area contributed by atoms with E-state index >= 15 is 0 Å². The van der Waals surface area contributed by atoms with Crippen LogP contribution in [0.15, 0.2) is 54.6 Å². The van der Waals surface area contributed by atoms with Gasteiger partial charge in [0.25, 0.3) is 0 Å². The van der Waals surface area contributed by atoms with Crippen molar-refractivity contribution in [3.05, 3.63) is 71.5 Å². The van der Waals surface area contributed by atoms with Gasteiger partial charge in [-0.1, -0.05) is 48.5 Å². The molecule has 1 amide bonds. The fraction of sp³-hybridized carbons (Fsp3) is 0.300. The fourth-order valence-corrected chi connectivity index (χ4v) is 3.43. The summed E-state index contributed by atoms with van der Waals surface area (Å²) in [6.45, 7) is 0.908. The average molecular weight is 347 g/mol. The van der Waals surface area contributed by atoms with E-state index in [-0.39, 0.29) is 12.5 Å². The van der Waals surface area contributed by atoms with E-state index in [2.05, 4.69) is 33.7 Å². The zero-order chi connectivity index (χ0) is 17.8. The van der Waals surface area contributed by atoms with Gasteiger partial charge in [0.05, 0.1) is 0 Å². The maximum absolute atomic E-state index is 12.7. The van der Waals surface area contributed by atoms with E-state index in [4.69, 9.17) is 0 Å². The SMILES string of the molecule is O=C(Cn1nnnc1CCCc1ccccc1)N1CCc2ccccc21. The van der Waals surface area contributed by atoms with Gasteiger partial charge in [-0.05, 0) is 46.9 Å². The third kappa shape index (κ3) is 3.49. The van der Waals surface area contributed by atoms with Crippen molar-refractivity contribution in [3.63, 3.8) is 0 Å². The van der Waals surface area contributed by atoms with Gasteiger partial charge in [0, 0.05) is 18.7 Å². The highest BCUT2D eigenvalue weighted by molar-refractivity contribution is 5.95. The second kappa shape index (κ2) is 7.47. The van der Waals surface area contributed by atoms with Gasteiger partial charge in [0.15, 0.2) is 5.82 Å². The predicted molar refractivity (Wildman–Crippen MR) is 98.8 cm³/mol. The number of para-hydroxylation sites is 1. The number of carbonyl (C=O) groups excluding carboxylic acids is 1. The molecule has 26 heavy (non-hydrogen) atoms. The molecule has 1 aromatic heterocycles. The Morgan fingerprint density at radius 2 is 1.81 bits per heavy atom. The number of hydrogen-bond donors (Lipinski definition) is 0. The molecule has 6 heteroatoms. The summed E-state index contributed by atoms with van der Waals surface area (Å²) in [5.41, 5.74) is 3.54. The first kappa shape index (κ1) is 16.4. The minimum Gasteiger partial charge on any atom is -0.310 e. The molecular formula is C20H21N5O. The Hall–Kier alpha value is -3.02. The van der Waals surface area contributed by atoms with Gasteiger partial charge in [-0.2, -0.15) is 0 Å². The number of amides is 1. The second-order valence-electron chi connectivity index (χ2n) is 6.52. The lowest BCUT2D eigenvalue weighted by Crippen LogP contribution is -2.33. The van der Waals surface area contributed by atoms with Crippen LogP contribution in [0.5, 0.6) is 0 Å². The maximum atomic E-state index is 12.7. The van der Waals surface area contributed by atoms with Crippen molar-refractivity contribution in [2.75, 3.05) is 11.4 Å². The van der Waals surface area contributed by atoms with E-state index in [1.807, 2.05) is 41.3 Å². The van der Waals surface area contributed by atoms with Gasteiger partial charge >= 0.3 is 0 Å².